The van der Waals surface area contributed by atoms with E-state index < -0.39 is 0 Å². The summed E-state index contributed by atoms with van der Waals surface area (Å²) >= 11 is 4.91. The summed E-state index contributed by atoms with van der Waals surface area (Å²) in [5.41, 5.74) is 6.42. The highest BCUT2D eigenvalue weighted by Gasteiger charge is 2.07. The molecule has 106 valence electrons. The minimum Gasteiger partial charge on any atom is -0.492 e. The maximum atomic E-state index is 5.71. The van der Waals surface area contributed by atoms with Gasteiger partial charge >= 0.3 is 0 Å². The molecule has 0 saturated heterocycles. The Labute approximate surface area is 121 Å². The fourth-order valence-electron chi connectivity index (χ4n) is 1.88. The molecular formula is C15H24N2OS. The first-order valence-corrected chi connectivity index (χ1v) is 7.18. The fourth-order valence-corrected chi connectivity index (χ4v) is 2.02. The first kappa shape index (κ1) is 15.9. The molecule has 0 aliphatic heterocycles. The van der Waals surface area contributed by atoms with E-state index in [4.69, 9.17) is 22.7 Å². The smallest absolute Gasteiger partial charge is 0.119 e. The van der Waals surface area contributed by atoms with Crippen molar-refractivity contribution >= 4 is 17.2 Å². The number of nitrogens with two attached hydrogens (primary N) is 1. The summed E-state index contributed by atoms with van der Waals surface area (Å²) in [5.74, 6) is 0.858. The Kier molecular flexibility index (Phi) is 6.81. The summed E-state index contributed by atoms with van der Waals surface area (Å²) in [6, 6.07) is 8.20. The van der Waals surface area contributed by atoms with Gasteiger partial charge < -0.3 is 15.4 Å². The number of likely N-dealkylation sites (N-methyl/N-ethyl adjacent to an activating group) is 1. The molecule has 3 nitrogen and oxygen atoms in total. The Morgan fingerprint density at radius 1 is 1.37 bits per heavy atom. The van der Waals surface area contributed by atoms with Crippen molar-refractivity contribution in [3.8, 4) is 5.75 Å². The predicted octanol–water partition coefficient (Wildman–Crippen LogP) is 2.82. The Morgan fingerprint density at radius 2 is 2.00 bits per heavy atom. The first-order valence-electron chi connectivity index (χ1n) is 6.77. The van der Waals surface area contributed by atoms with E-state index in [1.54, 1.807) is 0 Å². The van der Waals surface area contributed by atoms with Crippen LogP contribution in [-0.2, 0) is 0 Å². The second kappa shape index (κ2) is 8.12. The van der Waals surface area contributed by atoms with Gasteiger partial charge in [-0.25, -0.2) is 0 Å². The van der Waals surface area contributed by atoms with Crippen molar-refractivity contribution in [2.75, 3.05) is 20.2 Å². The zero-order chi connectivity index (χ0) is 14.3. The number of thiocarbonyl (C=S) groups is 1. The lowest BCUT2D eigenvalue weighted by molar-refractivity contribution is 0.193. The van der Waals surface area contributed by atoms with Gasteiger partial charge in [-0.3, -0.25) is 0 Å². The van der Waals surface area contributed by atoms with Crippen LogP contribution in [0.1, 0.15) is 32.3 Å². The summed E-state index contributed by atoms with van der Waals surface area (Å²) in [5, 5.41) is 0. The lowest BCUT2D eigenvalue weighted by Crippen LogP contribution is -2.32. The van der Waals surface area contributed by atoms with Crippen LogP contribution in [0.2, 0.25) is 0 Å². The predicted molar refractivity (Wildman–Crippen MR) is 84.8 cm³/mol. The van der Waals surface area contributed by atoms with Gasteiger partial charge in [0.05, 0.1) is 0 Å². The van der Waals surface area contributed by atoms with Crippen LogP contribution in [-0.4, -0.2) is 36.1 Å². The van der Waals surface area contributed by atoms with Gasteiger partial charge in [0.1, 0.15) is 17.3 Å². The lowest BCUT2D eigenvalue weighted by Gasteiger charge is -2.24. The summed E-state index contributed by atoms with van der Waals surface area (Å²) in [7, 11) is 2.14. The van der Waals surface area contributed by atoms with Gasteiger partial charge in [0, 0.05) is 18.2 Å². The van der Waals surface area contributed by atoms with Gasteiger partial charge in [-0.05, 0) is 44.7 Å². The average Bonchev–Trinajstić information content (AvgIpc) is 2.39. The molecule has 0 saturated carbocycles. The monoisotopic (exact) mass is 280 g/mol. The molecule has 1 rings (SSSR count). The Bertz CT molecular complexity index is 392. The van der Waals surface area contributed by atoms with E-state index in [1.165, 1.54) is 12.8 Å². The molecule has 1 unspecified atom stereocenters. The van der Waals surface area contributed by atoms with Crippen molar-refractivity contribution in [2.24, 2.45) is 5.73 Å². The third kappa shape index (κ3) is 5.57. The molecule has 0 radical (unpaired) electrons. The normalized spacial score (nSPS) is 12.4. The molecule has 1 atom stereocenters. The molecule has 2 N–H and O–H groups in total. The van der Waals surface area contributed by atoms with Gasteiger partial charge in [0.2, 0.25) is 0 Å². The topological polar surface area (TPSA) is 38.5 Å². The van der Waals surface area contributed by atoms with E-state index in [-0.39, 0.29) is 0 Å². The quantitative estimate of drug-likeness (QED) is 0.743. The number of rotatable bonds is 8. The minimum atomic E-state index is 0.416. The van der Waals surface area contributed by atoms with Crippen LogP contribution in [0.25, 0.3) is 0 Å². The summed E-state index contributed by atoms with van der Waals surface area (Å²) in [6.45, 7) is 6.08. The molecule has 0 aliphatic rings. The van der Waals surface area contributed by atoms with Crippen LogP contribution in [0.3, 0.4) is 0 Å². The van der Waals surface area contributed by atoms with E-state index in [9.17, 15) is 0 Å². The zero-order valence-electron chi connectivity index (χ0n) is 12.1. The largest absolute Gasteiger partial charge is 0.492 e. The van der Waals surface area contributed by atoms with E-state index in [2.05, 4.69) is 25.8 Å². The Morgan fingerprint density at radius 3 is 2.53 bits per heavy atom. The van der Waals surface area contributed by atoms with Crippen molar-refractivity contribution < 1.29 is 4.74 Å². The van der Waals surface area contributed by atoms with Gasteiger partial charge in [-0.1, -0.05) is 25.6 Å². The molecule has 0 spiro atoms. The molecule has 19 heavy (non-hydrogen) atoms. The highest BCUT2D eigenvalue weighted by Crippen LogP contribution is 2.12. The zero-order valence-corrected chi connectivity index (χ0v) is 12.9. The van der Waals surface area contributed by atoms with Crippen LogP contribution in [0.15, 0.2) is 24.3 Å². The van der Waals surface area contributed by atoms with E-state index >= 15 is 0 Å². The number of hydrogen-bond acceptors (Lipinski definition) is 3. The second-order valence-corrected chi connectivity index (χ2v) is 5.30. The Balaban J connectivity index is 2.34. The number of nitrogens with zero attached hydrogens (tertiary/aromatic N) is 1. The lowest BCUT2D eigenvalue weighted by atomic mass is 10.2. The highest BCUT2D eigenvalue weighted by molar-refractivity contribution is 7.80. The van der Waals surface area contributed by atoms with E-state index in [1.807, 2.05) is 24.3 Å². The molecule has 0 amide bonds. The molecule has 4 heteroatoms. The van der Waals surface area contributed by atoms with Crippen LogP contribution >= 0.6 is 12.2 Å². The van der Waals surface area contributed by atoms with Crippen molar-refractivity contribution in [3.05, 3.63) is 29.8 Å². The second-order valence-electron chi connectivity index (χ2n) is 4.86. The van der Waals surface area contributed by atoms with Gasteiger partial charge in [-0.2, -0.15) is 0 Å². The summed E-state index contributed by atoms with van der Waals surface area (Å²) < 4.78 is 5.71. The van der Waals surface area contributed by atoms with Crippen LogP contribution < -0.4 is 10.5 Å². The minimum absolute atomic E-state index is 0.416. The number of hydrogen-bond donors (Lipinski definition) is 1. The third-order valence-corrected chi connectivity index (χ3v) is 3.55. The third-order valence-electron chi connectivity index (χ3n) is 3.31. The van der Waals surface area contributed by atoms with Crippen molar-refractivity contribution in [1.82, 2.24) is 4.90 Å². The van der Waals surface area contributed by atoms with Crippen LogP contribution in [0, 0.1) is 0 Å². The highest BCUT2D eigenvalue weighted by atomic mass is 32.1. The van der Waals surface area contributed by atoms with Gasteiger partial charge in [0.25, 0.3) is 0 Å². The molecule has 0 aromatic heterocycles. The molecule has 1 aromatic carbocycles. The average molecular weight is 280 g/mol. The molecule has 0 bridgehead atoms. The summed E-state index contributed by atoms with van der Waals surface area (Å²) in [6.07, 6.45) is 2.44. The molecular weight excluding hydrogens is 256 g/mol. The first-order chi connectivity index (χ1) is 9.04. The van der Waals surface area contributed by atoms with Gasteiger partial charge in [0.15, 0.2) is 0 Å². The SMILES string of the molecule is CCCC(C)N(C)CCOc1ccc(C(N)=S)cc1. The van der Waals surface area contributed by atoms with Gasteiger partial charge in [-0.15, -0.1) is 0 Å². The van der Waals surface area contributed by atoms with Crippen molar-refractivity contribution in [3.63, 3.8) is 0 Å². The van der Waals surface area contributed by atoms with Crippen LogP contribution in [0.4, 0.5) is 0 Å². The molecule has 0 fully saturated rings. The maximum absolute atomic E-state index is 5.71. The molecule has 0 heterocycles. The fraction of sp³-hybridized carbons (Fsp3) is 0.533. The standard InChI is InChI=1S/C15H24N2OS/c1-4-5-12(2)17(3)10-11-18-14-8-6-13(7-9-14)15(16)19/h6-9,12H,4-5,10-11H2,1-3H3,(H2,16,19). The summed E-state index contributed by atoms with van der Waals surface area (Å²) in [4.78, 5) is 2.74. The Hall–Kier alpha value is -1.13. The van der Waals surface area contributed by atoms with Crippen molar-refractivity contribution in [1.29, 1.82) is 0 Å². The van der Waals surface area contributed by atoms with E-state index in [0.29, 0.717) is 17.6 Å². The molecule has 1 aromatic rings. The van der Waals surface area contributed by atoms with E-state index in [0.717, 1.165) is 17.9 Å². The maximum Gasteiger partial charge on any atom is 0.119 e. The molecule has 0 aliphatic carbocycles. The van der Waals surface area contributed by atoms with Crippen LogP contribution in [0.5, 0.6) is 5.75 Å². The number of benzene rings is 1. The van der Waals surface area contributed by atoms with Crippen molar-refractivity contribution in [2.45, 2.75) is 32.7 Å². The number of ether oxygens (including phenoxy) is 1.